The zero-order valence-corrected chi connectivity index (χ0v) is 31.3. The molecule has 2 N–H and O–H groups in total. The van der Waals surface area contributed by atoms with E-state index in [1.807, 2.05) is 54.6 Å². The Bertz CT molecular complexity index is 1790. The summed E-state index contributed by atoms with van der Waals surface area (Å²) in [6, 6.07) is 16.6. The van der Waals surface area contributed by atoms with Crippen molar-refractivity contribution in [3.63, 3.8) is 0 Å². The quantitative estimate of drug-likeness (QED) is 0.239. The van der Waals surface area contributed by atoms with Crippen LogP contribution in [0.3, 0.4) is 0 Å². The Hall–Kier alpha value is -3.95. The van der Waals surface area contributed by atoms with E-state index in [0.717, 1.165) is 18.4 Å². The third-order valence-corrected chi connectivity index (χ3v) is 12.4. The second-order valence-electron chi connectivity index (χ2n) is 14.9. The predicted molar refractivity (Wildman–Crippen MR) is 190 cm³/mol. The summed E-state index contributed by atoms with van der Waals surface area (Å²) in [6.45, 7) is 3.66. The second-order valence-corrected chi connectivity index (χ2v) is 14.9. The standard InChI is InChI=1S/C41H48O14/c1-6-27(29-16-26(17-31(48-3)55-29)51-19-24-12-14-25(47-2)15-13-24)32-34(43)35-33-28(21-52-35)40(46,37(44)49-4)18-30(42)39(33)22-54-41(36(32)39,38(45)50-5)53-20-23-10-8-7-9-11-23/h7-15,26,28-33,35-36,42,46H,1,16-22H2,2-5H3/t26-,28?,29+,30+,31+,32+,33-,35-,36+,39+,40-,41+/m1/s1. The highest BCUT2D eigenvalue weighted by Crippen LogP contribution is 2.68. The van der Waals surface area contributed by atoms with Crippen molar-refractivity contribution in [3.05, 3.63) is 83.6 Å². The van der Waals surface area contributed by atoms with Gasteiger partial charge in [-0.3, -0.25) is 4.79 Å². The molecule has 296 valence electrons. The van der Waals surface area contributed by atoms with Crippen LogP contribution in [0.4, 0.5) is 0 Å². The summed E-state index contributed by atoms with van der Waals surface area (Å²) in [4.78, 5) is 42.6. The van der Waals surface area contributed by atoms with Gasteiger partial charge in [0.05, 0.1) is 72.0 Å². The maximum atomic E-state index is 15.2. The number of ether oxygens (including phenoxy) is 9. The summed E-state index contributed by atoms with van der Waals surface area (Å²) < 4.78 is 53.3. The van der Waals surface area contributed by atoms with Crippen molar-refractivity contribution in [2.24, 2.45) is 29.1 Å². The summed E-state index contributed by atoms with van der Waals surface area (Å²) >= 11 is 0. The molecule has 2 aliphatic carbocycles. The van der Waals surface area contributed by atoms with Gasteiger partial charge in [0.15, 0.2) is 17.7 Å². The molecule has 55 heavy (non-hydrogen) atoms. The summed E-state index contributed by atoms with van der Waals surface area (Å²) in [6.07, 6.45) is -4.59. The van der Waals surface area contributed by atoms with E-state index in [-0.39, 0.29) is 38.4 Å². The third-order valence-electron chi connectivity index (χ3n) is 12.4. The first-order valence-corrected chi connectivity index (χ1v) is 18.4. The number of rotatable bonds is 12. The van der Waals surface area contributed by atoms with Crippen LogP contribution in [0.2, 0.25) is 0 Å². The molecule has 0 aromatic heterocycles. The summed E-state index contributed by atoms with van der Waals surface area (Å²) in [5.74, 6) is -8.51. The number of methoxy groups -OCH3 is 4. The largest absolute Gasteiger partial charge is 0.497 e. The van der Waals surface area contributed by atoms with Gasteiger partial charge in [0, 0.05) is 55.1 Å². The Balaban J connectivity index is 1.31. The number of carbonyl (C=O) groups excluding carboxylic acids is 3. The van der Waals surface area contributed by atoms with Crippen LogP contribution >= 0.6 is 0 Å². The smallest absolute Gasteiger partial charge is 0.366 e. The molecule has 3 aliphatic heterocycles. The third kappa shape index (κ3) is 6.43. The fraction of sp³-hybridized carbons (Fsp3) is 0.561. The van der Waals surface area contributed by atoms with E-state index in [1.165, 1.54) is 14.2 Å². The van der Waals surface area contributed by atoms with Gasteiger partial charge in [-0.1, -0.05) is 49.0 Å². The SMILES string of the molecule is C=C=C([C@H]1C(=O)[C@@H]2OCC3[C@H]2[C@]2(CO[C@](OCc4ccccc4)(C(=O)OC)[C@@H]12)[C@@H](O)C[C@]3(O)C(=O)OC)[C@@H]1C[C@@H](OCc2ccc(OC)cc2)C[C@@H](OC)O1. The van der Waals surface area contributed by atoms with Gasteiger partial charge in [-0.2, -0.15) is 0 Å². The predicted octanol–water partition coefficient (Wildman–Crippen LogP) is 2.66. The normalized spacial score (nSPS) is 37.6. The van der Waals surface area contributed by atoms with Crippen molar-refractivity contribution in [1.29, 1.82) is 0 Å². The van der Waals surface area contributed by atoms with E-state index in [2.05, 4.69) is 12.3 Å². The minimum absolute atomic E-state index is 0.125. The molecule has 2 aromatic carbocycles. The van der Waals surface area contributed by atoms with Gasteiger partial charge in [-0.05, 0) is 23.3 Å². The van der Waals surface area contributed by atoms with Gasteiger partial charge in [0.1, 0.15) is 11.9 Å². The molecular formula is C41H48O14. The van der Waals surface area contributed by atoms with Gasteiger partial charge in [-0.25, -0.2) is 9.59 Å². The zero-order chi connectivity index (χ0) is 39.1. The van der Waals surface area contributed by atoms with E-state index in [4.69, 9.17) is 42.6 Å². The number of hydrogen-bond donors (Lipinski definition) is 2. The molecule has 3 heterocycles. The summed E-state index contributed by atoms with van der Waals surface area (Å²) in [7, 11) is 5.43. The number of aliphatic hydroxyl groups is 2. The van der Waals surface area contributed by atoms with Crippen LogP contribution in [0.25, 0.3) is 0 Å². The highest BCUT2D eigenvalue weighted by atomic mass is 16.7. The number of ketones is 1. The lowest BCUT2D eigenvalue weighted by Crippen LogP contribution is -2.72. The van der Waals surface area contributed by atoms with Crippen molar-refractivity contribution in [2.45, 2.75) is 74.6 Å². The van der Waals surface area contributed by atoms with Crippen LogP contribution < -0.4 is 4.74 Å². The lowest BCUT2D eigenvalue weighted by Gasteiger charge is -2.59. The highest BCUT2D eigenvalue weighted by Gasteiger charge is 2.81. The van der Waals surface area contributed by atoms with Crippen LogP contribution in [0.1, 0.15) is 30.4 Å². The minimum Gasteiger partial charge on any atom is -0.497 e. The monoisotopic (exact) mass is 764 g/mol. The highest BCUT2D eigenvalue weighted by molar-refractivity contribution is 5.93. The van der Waals surface area contributed by atoms with E-state index < -0.39 is 95.3 Å². The van der Waals surface area contributed by atoms with Crippen molar-refractivity contribution >= 4 is 17.7 Å². The van der Waals surface area contributed by atoms with Gasteiger partial charge in [-0.15, -0.1) is 5.73 Å². The number of Topliss-reactive ketones (excluding diaryl/α,β-unsaturated/α-hetero) is 1. The van der Waals surface area contributed by atoms with Crippen LogP contribution in [0.15, 0.2) is 72.5 Å². The van der Waals surface area contributed by atoms with E-state index in [9.17, 15) is 19.8 Å². The minimum atomic E-state index is -2.26. The van der Waals surface area contributed by atoms with E-state index in [1.54, 1.807) is 7.11 Å². The van der Waals surface area contributed by atoms with Crippen LogP contribution in [-0.4, -0.2) is 112 Å². The molecule has 1 spiro atoms. The molecule has 2 aromatic rings. The lowest BCUT2D eigenvalue weighted by atomic mass is 9.44. The van der Waals surface area contributed by atoms with Crippen LogP contribution in [0, 0.1) is 29.1 Å². The van der Waals surface area contributed by atoms with Crippen LogP contribution in [0.5, 0.6) is 5.75 Å². The molecule has 14 heteroatoms. The molecule has 0 radical (unpaired) electrons. The fourth-order valence-corrected chi connectivity index (χ4v) is 9.80. The molecule has 7 rings (SSSR count). The first kappa shape index (κ1) is 39.3. The van der Waals surface area contributed by atoms with E-state index >= 15 is 4.79 Å². The Morgan fingerprint density at radius 2 is 1.67 bits per heavy atom. The maximum absolute atomic E-state index is 15.2. The second kappa shape index (κ2) is 15.5. The molecule has 14 nitrogen and oxygen atoms in total. The Labute approximate surface area is 319 Å². The van der Waals surface area contributed by atoms with Gasteiger partial charge in [0.2, 0.25) is 0 Å². The van der Waals surface area contributed by atoms with Gasteiger partial charge >= 0.3 is 11.9 Å². The molecule has 12 atom stereocenters. The first-order valence-electron chi connectivity index (χ1n) is 18.4. The Morgan fingerprint density at radius 3 is 2.33 bits per heavy atom. The molecule has 2 saturated carbocycles. The first-order chi connectivity index (χ1) is 26.5. The topological polar surface area (TPSA) is 175 Å². The van der Waals surface area contributed by atoms with Crippen LogP contribution in [-0.2, 0) is 65.5 Å². The van der Waals surface area contributed by atoms with Gasteiger partial charge < -0.3 is 52.8 Å². The zero-order valence-electron chi connectivity index (χ0n) is 31.3. The van der Waals surface area contributed by atoms with Crippen molar-refractivity contribution in [2.75, 3.05) is 41.7 Å². The number of hydrogen-bond acceptors (Lipinski definition) is 14. The molecular weight excluding hydrogens is 716 g/mol. The average molecular weight is 765 g/mol. The van der Waals surface area contributed by atoms with Gasteiger partial charge in [0.25, 0.3) is 5.79 Å². The summed E-state index contributed by atoms with van der Waals surface area (Å²) in [5.41, 5.74) is 1.19. The Kier molecular flexibility index (Phi) is 11.1. The van der Waals surface area contributed by atoms with Crippen molar-refractivity contribution < 1.29 is 67.2 Å². The molecule has 5 aliphatic rings. The van der Waals surface area contributed by atoms with Crippen molar-refractivity contribution in [1.82, 2.24) is 0 Å². The fourth-order valence-electron chi connectivity index (χ4n) is 9.80. The maximum Gasteiger partial charge on any atom is 0.366 e. The van der Waals surface area contributed by atoms with E-state index in [0.29, 0.717) is 12.0 Å². The Morgan fingerprint density at radius 1 is 0.964 bits per heavy atom. The molecule has 3 saturated heterocycles. The number of aliphatic hydroxyl groups excluding tert-OH is 1. The van der Waals surface area contributed by atoms with Crippen molar-refractivity contribution in [3.8, 4) is 5.75 Å². The molecule has 0 bridgehead atoms. The number of esters is 2. The molecule has 0 amide bonds. The average Bonchev–Trinajstić information content (AvgIpc) is 3.83. The number of benzene rings is 2. The molecule has 5 fully saturated rings. The lowest BCUT2D eigenvalue weighted by molar-refractivity contribution is -0.261. The molecule has 1 unspecified atom stereocenters. The summed E-state index contributed by atoms with van der Waals surface area (Å²) in [5, 5.41) is 24.2. The number of carbonyl (C=O) groups is 3.